The van der Waals surface area contributed by atoms with E-state index < -0.39 is 0 Å². The molecule has 0 saturated heterocycles. The quantitative estimate of drug-likeness (QED) is 0.763. The number of halogens is 1. The van der Waals surface area contributed by atoms with Crippen molar-refractivity contribution in [2.24, 2.45) is 5.73 Å². The standard InChI is InChI=1S/C12H14FN/c13-10-3-1-2-9(8-10)11(4-5-11)12(14)6-7-12/h1-3,8H,4-7,14H2. The van der Waals surface area contributed by atoms with E-state index in [-0.39, 0.29) is 16.8 Å². The Hall–Kier alpha value is -0.890. The first-order valence-electron chi connectivity index (χ1n) is 5.21. The Labute approximate surface area is 83.1 Å². The summed E-state index contributed by atoms with van der Waals surface area (Å²) in [5.41, 5.74) is 7.46. The molecule has 1 aromatic carbocycles. The minimum Gasteiger partial charge on any atom is -0.324 e. The van der Waals surface area contributed by atoms with Gasteiger partial charge >= 0.3 is 0 Å². The number of hydrogen-bond acceptors (Lipinski definition) is 1. The predicted molar refractivity (Wildman–Crippen MR) is 53.5 cm³/mol. The Morgan fingerprint density at radius 2 is 1.86 bits per heavy atom. The van der Waals surface area contributed by atoms with Gasteiger partial charge in [-0.3, -0.25) is 0 Å². The van der Waals surface area contributed by atoms with E-state index in [4.69, 9.17) is 5.73 Å². The van der Waals surface area contributed by atoms with Crippen molar-refractivity contribution in [3.05, 3.63) is 35.6 Å². The first kappa shape index (κ1) is 8.42. The SMILES string of the molecule is NC1(C2(c3cccc(F)c3)CC2)CC1. The Balaban J connectivity index is 2.02. The molecule has 2 aliphatic carbocycles. The summed E-state index contributed by atoms with van der Waals surface area (Å²) >= 11 is 0. The number of benzene rings is 1. The molecule has 2 fully saturated rings. The van der Waals surface area contributed by atoms with Gasteiger partial charge in [0, 0.05) is 11.0 Å². The first-order valence-corrected chi connectivity index (χ1v) is 5.21. The lowest BCUT2D eigenvalue weighted by Gasteiger charge is -2.23. The maximum absolute atomic E-state index is 13.1. The van der Waals surface area contributed by atoms with E-state index in [0.717, 1.165) is 31.2 Å². The highest BCUT2D eigenvalue weighted by Crippen LogP contribution is 2.63. The summed E-state index contributed by atoms with van der Waals surface area (Å²) in [6.07, 6.45) is 4.47. The Morgan fingerprint density at radius 3 is 2.36 bits per heavy atom. The molecule has 0 radical (unpaired) electrons. The second-order valence-corrected chi connectivity index (χ2v) is 4.75. The zero-order valence-corrected chi connectivity index (χ0v) is 8.09. The van der Waals surface area contributed by atoms with Crippen molar-refractivity contribution in [2.75, 3.05) is 0 Å². The van der Waals surface area contributed by atoms with E-state index in [2.05, 4.69) is 0 Å². The predicted octanol–water partition coefficient (Wildman–Crippen LogP) is 2.35. The molecule has 1 aromatic rings. The molecule has 0 unspecified atom stereocenters. The monoisotopic (exact) mass is 191 g/mol. The maximum atomic E-state index is 13.1. The average molecular weight is 191 g/mol. The zero-order valence-electron chi connectivity index (χ0n) is 8.09. The molecule has 14 heavy (non-hydrogen) atoms. The molecule has 0 heterocycles. The normalized spacial score (nSPS) is 25.9. The van der Waals surface area contributed by atoms with Gasteiger partial charge in [-0.1, -0.05) is 12.1 Å². The summed E-state index contributed by atoms with van der Waals surface area (Å²) < 4.78 is 13.1. The summed E-state index contributed by atoms with van der Waals surface area (Å²) in [6, 6.07) is 6.95. The van der Waals surface area contributed by atoms with Crippen LogP contribution >= 0.6 is 0 Å². The molecule has 2 aliphatic rings. The van der Waals surface area contributed by atoms with Crippen LogP contribution in [0.1, 0.15) is 31.2 Å². The van der Waals surface area contributed by atoms with Crippen molar-refractivity contribution < 1.29 is 4.39 Å². The van der Waals surface area contributed by atoms with Crippen molar-refractivity contribution in [3.63, 3.8) is 0 Å². The molecule has 3 rings (SSSR count). The van der Waals surface area contributed by atoms with Gasteiger partial charge in [0.25, 0.3) is 0 Å². The Morgan fingerprint density at radius 1 is 1.14 bits per heavy atom. The lowest BCUT2D eigenvalue weighted by atomic mass is 9.86. The fourth-order valence-corrected chi connectivity index (χ4v) is 2.60. The van der Waals surface area contributed by atoms with Gasteiger partial charge in [0.15, 0.2) is 0 Å². The van der Waals surface area contributed by atoms with E-state index in [1.165, 1.54) is 6.07 Å². The summed E-state index contributed by atoms with van der Waals surface area (Å²) in [6.45, 7) is 0. The second-order valence-electron chi connectivity index (χ2n) is 4.75. The van der Waals surface area contributed by atoms with E-state index >= 15 is 0 Å². The zero-order chi connectivity index (χ0) is 9.81. The van der Waals surface area contributed by atoms with Gasteiger partial charge in [0.1, 0.15) is 5.82 Å². The number of nitrogens with two attached hydrogens (primary N) is 1. The topological polar surface area (TPSA) is 26.0 Å². The van der Waals surface area contributed by atoms with Crippen molar-refractivity contribution >= 4 is 0 Å². The summed E-state index contributed by atoms with van der Waals surface area (Å²) in [5, 5.41) is 0. The molecule has 2 N–H and O–H groups in total. The highest BCUT2D eigenvalue weighted by atomic mass is 19.1. The largest absolute Gasteiger partial charge is 0.324 e. The Bertz CT molecular complexity index is 378. The van der Waals surface area contributed by atoms with Crippen molar-refractivity contribution in [1.29, 1.82) is 0 Å². The van der Waals surface area contributed by atoms with Gasteiger partial charge in [-0.15, -0.1) is 0 Å². The molecule has 0 aliphatic heterocycles. The van der Waals surface area contributed by atoms with E-state index in [1.807, 2.05) is 6.07 Å². The molecule has 0 aromatic heterocycles. The van der Waals surface area contributed by atoms with Gasteiger partial charge in [-0.05, 0) is 43.4 Å². The minimum atomic E-state index is -0.141. The fraction of sp³-hybridized carbons (Fsp3) is 0.500. The third kappa shape index (κ3) is 0.976. The van der Waals surface area contributed by atoms with Crippen LogP contribution in [-0.4, -0.2) is 5.54 Å². The minimum absolute atomic E-state index is 0.0131. The molecule has 2 heteroatoms. The average Bonchev–Trinajstić information content (AvgIpc) is 2.98. The highest BCUT2D eigenvalue weighted by molar-refractivity contribution is 5.40. The summed E-state index contributed by atoms with van der Waals surface area (Å²) in [5.74, 6) is -0.141. The molecular formula is C12H14FN. The first-order chi connectivity index (χ1) is 6.66. The van der Waals surface area contributed by atoms with Crippen LogP contribution in [0.15, 0.2) is 24.3 Å². The van der Waals surface area contributed by atoms with Gasteiger partial charge < -0.3 is 5.73 Å². The molecule has 74 valence electrons. The van der Waals surface area contributed by atoms with Gasteiger partial charge in [0.2, 0.25) is 0 Å². The third-order valence-electron chi connectivity index (χ3n) is 3.87. The smallest absolute Gasteiger partial charge is 0.123 e. The Kier molecular flexibility index (Phi) is 1.43. The maximum Gasteiger partial charge on any atom is 0.123 e. The van der Waals surface area contributed by atoms with Crippen LogP contribution in [0.2, 0.25) is 0 Å². The lowest BCUT2D eigenvalue weighted by Crippen LogP contribution is -2.37. The molecular weight excluding hydrogens is 177 g/mol. The van der Waals surface area contributed by atoms with E-state index in [1.54, 1.807) is 12.1 Å². The van der Waals surface area contributed by atoms with Crippen LogP contribution in [0, 0.1) is 5.82 Å². The molecule has 1 nitrogen and oxygen atoms in total. The second kappa shape index (κ2) is 2.37. The fourth-order valence-electron chi connectivity index (χ4n) is 2.60. The van der Waals surface area contributed by atoms with Crippen LogP contribution in [-0.2, 0) is 5.41 Å². The number of hydrogen-bond donors (Lipinski definition) is 1. The molecule has 0 spiro atoms. The van der Waals surface area contributed by atoms with Gasteiger partial charge in [0.05, 0.1) is 0 Å². The lowest BCUT2D eigenvalue weighted by molar-refractivity contribution is 0.499. The van der Waals surface area contributed by atoms with Crippen LogP contribution in [0.3, 0.4) is 0 Å². The molecule has 0 bridgehead atoms. The van der Waals surface area contributed by atoms with Crippen molar-refractivity contribution in [3.8, 4) is 0 Å². The van der Waals surface area contributed by atoms with Gasteiger partial charge in [-0.25, -0.2) is 4.39 Å². The van der Waals surface area contributed by atoms with Crippen LogP contribution in [0.25, 0.3) is 0 Å². The van der Waals surface area contributed by atoms with E-state index in [9.17, 15) is 4.39 Å². The molecule has 2 saturated carbocycles. The van der Waals surface area contributed by atoms with Crippen molar-refractivity contribution in [2.45, 2.75) is 36.6 Å². The van der Waals surface area contributed by atoms with Crippen LogP contribution < -0.4 is 5.73 Å². The summed E-state index contributed by atoms with van der Waals surface area (Å²) in [4.78, 5) is 0. The molecule has 0 amide bonds. The molecule has 0 atom stereocenters. The van der Waals surface area contributed by atoms with Crippen LogP contribution in [0.5, 0.6) is 0 Å². The summed E-state index contributed by atoms with van der Waals surface area (Å²) in [7, 11) is 0. The van der Waals surface area contributed by atoms with Gasteiger partial charge in [-0.2, -0.15) is 0 Å². The van der Waals surface area contributed by atoms with Crippen molar-refractivity contribution in [1.82, 2.24) is 0 Å². The number of rotatable bonds is 2. The van der Waals surface area contributed by atoms with E-state index in [0.29, 0.717) is 0 Å². The van der Waals surface area contributed by atoms with Crippen LogP contribution in [0.4, 0.5) is 4.39 Å². The highest BCUT2D eigenvalue weighted by Gasteiger charge is 2.63. The third-order valence-corrected chi connectivity index (χ3v) is 3.87.